The maximum Gasteiger partial charge on any atom is 0.0348 e. The normalized spacial score (nSPS) is 12.9. The predicted octanol–water partition coefficient (Wildman–Crippen LogP) is 8.52. The highest BCUT2D eigenvalue weighted by atomic mass is 32.1. The van der Waals surface area contributed by atoms with E-state index < -0.39 is 0 Å². The number of fused-ring (bicyclic) bond motifs is 2. The lowest BCUT2D eigenvalue weighted by Gasteiger charge is -2.24. The Labute approximate surface area is 177 Å². The van der Waals surface area contributed by atoms with Crippen molar-refractivity contribution in [1.29, 1.82) is 0 Å². The van der Waals surface area contributed by atoms with Gasteiger partial charge in [-0.2, -0.15) is 0 Å². The maximum atomic E-state index is 2.43. The van der Waals surface area contributed by atoms with Gasteiger partial charge >= 0.3 is 0 Å². The minimum Gasteiger partial charge on any atom is -0.144 e. The molecule has 0 aliphatic carbocycles. The van der Waals surface area contributed by atoms with Crippen LogP contribution in [0.25, 0.3) is 20.2 Å². The van der Waals surface area contributed by atoms with E-state index in [1.807, 2.05) is 22.7 Å². The second-order valence-corrected chi connectivity index (χ2v) is 12.2. The summed E-state index contributed by atoms with van der Waals surface area (Å²) in [6.07, 6.45) is 3.38. The van der Waals surface area contributed by atoms with Gasteiger partial charge in [-0.25, -0.2) is 0 Å². The van der Waals surface area contributed by atoms with Gasteiger partial charge in [0.2, 0.25) is 0 Å². The lowest BCUT2D eigenvalue weighted by atomic mass is 9.80. The molecule has 0 aliphatic rings. The summed E-state index contributed by atoms with van der Waals surface area (Å²) in [6.45, 7) is 11.8. The highest BCUT2D eigenvalue weighted by molar-refractivity contribution is 7.19. The summed E-state index contributed by atoms with van der Waals surface area (Å²) < 4.78 is 2.84. The van der Waals surface area contributed by atoms with E-state index >= 15 is 0 Å². The van der Waals surface area contributed by atoms with Gasteiger partial charge in [-0.1, -0.05) is 65.0 Å². The number of hydrogen-bond acceptors (Lipinski definition) is 2. The Hall–Kier alpha value is -1.64. The molecule has 0 radical (unpaired) electrons. The average molecular weight is 407 g/mol. The molecule has 0 aliphatic heterocycles. The third kappa shape index (κ3) is 4.50. The Kier molecular flexibility index (Phi) is 5.14. The first-order chi connectivity index (χ1) is 13.2. The molecule has 0 saturated carbocycles. The molecule has 146 valence electrons. The monoisotopic (exact) mass is 406 g/mol. The maximum absolute atomic E-state index is 2.43. The van der Waals surface area contributed by atoms with Gasteiger partial charge in [-0.3, -0.25) is 0 Å². The van der Waals surface area contributed by atoms with Crippen LogP contribution in [0.5, 0.6) is 0 Å². The van der Waals surface area contributed by atoms with Crippen molar-refractivity contribution >= 4 is 42.8 Å². The molecule has 0 bridgehead atoms. The molecular weight excluding hydrogens is 376 g/mol. The van der Waals surface area contributed by atoms with Gasteiger partial charge in [-0.05, 0) is 75.6 Å². The summed E-state index contributed by atoms with van der Waals surface area (Å²) in [5.41, 5.74) is 3.54. The van der Waals surface area contributed by atoms with E-state index in [1.165, 1.54) is 36.2 Å². The first-order valence-corrected chi connectivity index (χ1v) is 11.8. The molecule has 2 aromatic heterocycles. The van der Waals surface area contributed by atoms with Crippen molar-refractivity contribution in [1.82, 2.24) is 0 Å². The third-order valence-corrected chi connectivity index (χ3v) is 7.36. The Morgan fingerprint density at radius 2 is 1.57 bits per heavy atom. The third-order valence-electron chi connectivity index (χ3n) is 5.25. The molecule has 2 heterocycles. The van der Waals surface area contributed by atoms with Crippen LogP contribution in [-0.2, 0) is 19.3 Å². The summed E-state index contributed by atoms with van der Waals surface area (Å²) in [6, 6.07) is 18.3. The summed E-state index contributed by atoms with van der Waals surface area (Å²) in [5, 5.41) is 5.18. The number of rotatable bonds is 5. The van der Waals surface area contributed by atoms with Gasteiger partial charge in [0, 0.05) is 14.3 Å². The van der Waals surface area contributed by atoms with Gasteiger partial charge in [0.25, 0.3) is 0 Å². The number of thiophene rings is 2. The van der Waals surface area contributed by atoms with Crippen molar-refractivity contribution in [2.75, 3.05) is 0 Å². The molecule has 4 rings (SSSR count). The van der Waals surface area contributed by atoms with Gasteiger partial charge < -0.3 is 0 Å². The molecule has 4 aromatic rings. The van der Waals surface area contributed by atoms with Crippen molar-refractivity contribution in [3.63, 3.8) is 0 Å². The van der Waals surface area contributed by atoms with Crippen molar-refractivity contribution in [2.45, 2.75) is 53.9 Å². The molecule has 0 nitrogen and oxygen atoms in total. The zero-order valence-electron chi connectivity index (χ0n) is 17.6. The Morgan fingerprint density at radius 1 is 0.786 bits per heavy atom. The van der Waals surface area contributed by atoms with Crippen LogP contribution in [-0.4, -0.2) is 0 Å². The fraction of sp³-hybridized carbons (Fsp3) is 0.385. The van der Waals surface area contributed by atoms with Gasteiger partial charge in [0.1, 0.15) is 0 Å². The molecule has 2 aromatic carbocycles. The number of benzene rings is 2. The molecular formula is C26H30S2. The molecule has 28 heavy (non-hydrogen) atoms. The smallest absolute Gasteiger partial charge is 0.0348 e. The van der Waals surface area contributed by atoms with E-state index in [0.717, 1.165) is 19.3 Å². The van der Waals surface area contributed by atoms with Crippen molar-refractivity contribution in [2.24, 2.45) is 10.8 Å². The Bertz CT molecular complexity index is 1100. The molecule has 0 unspecified atom stereocenters. The van der Waals surface area contributed by atoms with E-state index in [0.29, 0.717) is 5.41 Å². The summed E-state index contributed by atoms with van der Waals surface area (Å²) in [7, 11) is 0. The van der Waals surface area contributed by atoms with E-state index in [1.54, 1.807) is 0 Å². The van der Waals surface area contributed by atoms with Crippen molar-refractivity contribution in [3.05, 3.63) is 69.9 Å². The van der Waals surface area contributed by atoms with E-state index in [9.17, 15) is 0 Å². The Balaban J connectivity index is 1.54. The standard InChI is InChI=1S/C26H30S2/c1-25(2,3)16-21-13-19-11-10-18(12-24(19)28-21)14-26(4,5)15-20-17-27-23-9-7-6-8-22(20)23/h6-13,17H,14-16H2,1-5H3. The quantitative estimate of drug-likeness (QED) is 0.311. The molecule has 0 amide bonds. The second kappa shape index (κ2) is 7.31. The zero-order valence-corrected chi connectivity index (χ0v) is 19.3. The van der Waals surface area contributed by atoms with Gasteiger partial charge in [0.05, 0.1) is 0 Å². The van der Waals surface area contributed by atoms with Crippen LogP contribution >= 0.6 is 22.7 Å². The minimum atomic E-state index is 0.239. The minimum absolute atomic E-state index is 0.239. The molecule has 0 spiro atoms. The lowest BCUT2D eigenvalue weighted by Crippen LogP contribution is -2.18. The second-order valence-electron chi connectivity index (χ2n) is 10.1. The van der Waals surface area contributed by atoms with Gasteiger partial charge in [0.15, 0.2) is 0 Å². The zero-order chi connectivity index (χ0) is 19.9. The van der Waals surface area contributed by atoms with Crippen LogP contribution in [0.1, 0.15) is 50.6 Å². The average Bonchev–Trinajstić information content (AvgIpc) is 3.16. The first kappa shape index (κ1) is 19.7. The topological polar surface area (TPSA) is 0 Å². The molecule has 2 heteroatoms. The highest BCUT2D eigenvalue weighted by Gasteiger charge is 2.21. The van der Waals surface area contributed by atoms with Crippen LogP contribution in [0.3, 0.4) is 0 Å². The first-order valence-electron chi connectivity index (χ1n) is 10.2. The van der Waals surface area contributed by atoms with Crippen LogP contribution in [0.15, 0.2) is 53.9 Å². The lowest BCUT2D eigenvalue weighted by molar-refractivity contribution is 0.362. The van der Waals surface area contributed by atoms with Crippen LogP contribution in [0, 0.1) is 10.8 Å². The van der Waals surface area contributed by atoms with Crippen LogP contribution < -0.4 is 0 Å². The van der Waals surface area contributed by atoms with Gasteiger partial charge in [-0.15, -0.1) is 22.7 Å². The highest BCUT2D eigenvalue weighted by Crippen LogP contribution is 2.35. The largest absolute Gasteiger partial charge is 0.144 e. The fourth-order valence-corrected chi connectivity index (χ4v) is 6.54. The molecule has 0 saturated heterocycles. The summed E-state index contributed by atoms with van der Waals surface area (Å²) >= 11 is 3.84. The Morgan fingerprint density at radius 3 is 2.36 bits per heavy atom. The van der Waals surface area contributed by atoms with Crippen LogP contribution in [0.2, 0.25) is 0 Å². The van der Waals surface area contributed by atoms with E-state index in [2.05, 4.69) is 88.5 Å². The predicted molar refractivity (Wildman–Crippen MR) is 128 cm³/mol. The molecule has 0 fully saturated rings. The van der Waals surface area contributed by atoms with Crippen molar-refractivity contribution < 1.29 is 0 Å². The van der Waals surface area contributed by atoms with E-state index in [4.69, 9.17) is 0 Å². The van der Waals surface area contributed by atoms with Crippen molar-refractivity contribution in [3.8, 4) is 0 Å². The van der Waals surface area contributed by atoms with Crippen LogP contribution in [0.4, 0.5) is 0 Å². The molecule has 0 atom stereocenters. The fourth-order valence-electron chi connectivity index (χ4n) is 4.15. The summed E-state index contributed by atoms with van der Waals surface area (Å²) in [5.74, 6) is 0. The van der Waals surface area contributed by atoms with E-state index in [-0.39, 0.29) is 5.41 Å². The molecule has 0 N–H and O–H groups in total. The summed E-state index contributed by atoms with van der Waals surface area (Å²) in [4.78, 5) is 1.50. The SMILES string of the molecule is CC(C)(C)Cc1cc2ccc(CC(C)(C)Cc3csc4ccccc34)cc2s1. The number of hydrogen-bond donors (Lipinski definition) is 0.